The van der Waals surface area contributed by atoms with Gasteiger partial charge in [0.05, 0.1) is 18.1 Å². The van der Waals surface area contributed by atoms with Crippen LogP contribution in [0.5, 0.6) is 0 Å². The molecule has 1 N–H and O–H groups in total. The summed E-state index contributed by atoms with van der Waals surface area (Å²) >= 11 is 1.62. The Labute approximate surface area is 183 Å². The molecule has 0 bridgehead atoms. The van der Waals surface area contributed by atoms with Crippen LogP contribution in [0.25, 0.3) is 0 Å². The van der Waals surface area contributed by atoms with Crippen molar-refractivity contribution in [1.29, 1.82) is 0 Å². The number of likely N-dealkylation sites (tertiary alicyclic amines) is 1. The van der Waals surface area contributed by atoms with Gasteiger partial charge in [-0.1, -0.05) is 6.92 Å². The SMILES string of the molecule is CC1CCN(CCCNC(=O)[C@@H]2CCc3sc(C(=O)N4CCOCC4)cc3C2)CC1. The molecular weight excluding hydrogens is 398 g/mol. The van der Waals surface area contributed by atoms with Crippen LogP contribution in [0, 0.1) is 11.8 Å². The summed E-state index contributed by atoms with van der Waals surface area (Å²) in [6, 6.07) is 2.04. The molecule has 0 unspecified atom stereocenters. The Hall–Kier alpha value is -1.44. The largest absolute Gasteiger partial charge is 0.378 e. The van der Waals surface area contributed by atoms with E-state index in [1.807, 2.05) is 11.0 Å². The molecule has 2 amide bonds. The summed E-state index contributed by atoms with van der Waals surface area (Å²) in [7, 11) is 0. The molecule has 0 spiro atoms. The van der Waals surface area contributed by atoms with Crippen molar-refractivity contribution in [2.24, 2.45) is 11.8 Å². The van der Waals surface area contributed by atoms with Gasteiger partial charge in [0.2, 0.25) is 5.91 Å². The van der Waals surface area contributed by atoms with E-state index in [1.165, 1.54) is 36.4 Å². The lowest BCUT2D eigenvalue weighted by Gasteiger charge is -2.30. The molecule has 4 rings (SSSR count). The monoisotopic (exact) mass is 433 g/mol. The van der Waals surface area contributed by atoms with Gasteiger partial charge in [-0.05, 0) is 75.7 Å². The molecule has 6 nitrogen and oxygen atoms in total. The second-order valence-corrected chi connectivity index (χ2v) is 10.2. The highest BCUT2D eigenvalue weighted by Gasteiger charge is 2.29. The first kappa shape index (κ1) is 21.8. The maximum Gasteiger partial charge on any atom is 0.264 e. The molecule has 3 heterocycles. The molecule has 1 aromatic rings. The Kier molecular flexibility index (Phi) is 7.44. The molecule has 0 radical (unpaired) electrons. The summed E-state index contributed by atoms with van der Waals surface area (Å²) in [5.41, 5.74) is 1.20. The van der Waals surface area contributed by atoms with E-state index in [4.69, 9.17) is 4.74 Å². The molecular formula is C23H35N3O3S. The van der Waals surface area contributed by atoms with Crippen molar-refractivity contribution in [3.05, 3.63) is 21.4 Å². The topological polar surface area (TPSA) is 61.9 Å². The summed E-state index contributed by atoms with van der Waals surface area (Å²) in [4.78, 5) is 31.9. The Morgan fingerprint density at radius 2 is 1.93 bits per heavy atom. The van der Waals surface area contributed by atoms with Gasteiger partial charge in [0.25, 0.3) is 5.91 Å². The minimum absolute atomic E-state index is 0.0364. The van der Waals surface area contributed by atoms with Crippen LogP contribution in [0.3, 0.4) is 0 Å². The summed E-state index contributed by atoms with van der Waals surface area (Å²) < 4.78 is 5.35. The third-order valence-corrected chi connectivity index (χ3v) is 8.01. The number of morpholine rings is 1. The number of nitrogens with zero attached hydrogens (tertiary/aromatic N) is 2. The fraction of sp³-hybridized carbons (Fsp3) is 0.739. The van der Waals surface area contributed by atoms with Crippen LogP contribution in [0.1, 0.15) is 52.7 Å². The van der Waals surface area contributed by atoms with E-state index < -0.39 is 0 Å². The molecule has 1 atom stereocenters. The average molecular weight is 434 g/mol. The van der Waals surface area contributed by atoms with Gasteiger partial charge in [-0.15, -0.1) is 11.3 Å². The number of ether oxygens (including phenoxy) is 1. The lowest BCUT2D eigenvalue weighted by atomic mass is 9.87. The van der Waals surface area contributed by atoms with Crippen molar-refractivity contribution in [2.75, 3.05) is 52.5 Å². The molecule has 166 valence electrons. The predicted octanol–water partition coefficient (Wildman–Crippen LogP) is 2.56. The van der Waals surface area contributed by atoms with Gasteiger partial charge < -0.3 is 19.9 Å². The molecule has 3 aliphatic rings. The molecule has 2 fully saturated rings. The second-order valence-electron chi connectivity index (χ2n) is 9.07. The van der Waals surface area contributed by atoms with Crippen LogP contribution in [-0.4, -0.2) is 74.1 Å². The van der Waals surface area contributed by atoms with Gasteiger partial charge in [0.1, 0.15) is 0 Å². The zero-order chi connectivity index (χ0) is 20.9. The molecule has 2 aliphatic heterocycles. The zero-order valence-corrected chi connectivity index (χ0v) is 19.0. The highest BCUT2D eigenvalue weighted by atomic mass is 32.1. The number of thiophene rings is 1. The summed E-state index contributed by atoms with van der Waals surface area (Å²) in [6.07, 6.45) is 6.17. The quantitative estimate of drug-likeness (QED) is 0.701. The Morgan fingerprint density at radius 3 is 2.70 bits per heavy atom. The third kappa shape index (κ3) is 5.42. The number of hydrogen-bond donors (Lipinski definition) is 1. The summed E-state index contributed by atoms with van der Waals surface area (Å²) in [5.74, 6) is 1.19. The number of amides is 2. The number of carbonyl (C=O) groups is 2. The molecule has 0 aromatic carbocycles. The maximum absolute atomic E-state index is 12.8. The number of carbonyl (C=O) groups excluding carboxylic acids is 2. The molecule has 30 heavy (non-hydrogen) atoms. The van der Waals surface area contributed by atoms with Crippen LogP contribution in [0.2, 0.25) is 0 Å². The smallest absolute Gasteiger partial charge is 0.264 e. The first-order chi connectivity index (χ1) is 14.6. The maximum atomic E-state index is 12.8. The van der Waals surface area contributed by atoms with Crippen molar-refractivity contribution < 1.29 is 14.3 Å². The first-order valence-corrected chi connectivity index (χ1v) is 12.4. The van der Waals surface area contributed by atoms with Crippen molar-refractivity contribution in [1.82, 2.24) is 15.1 Å². The van der Waals surface area contributed by atoms with Gasteiger partial charge in [0.15, 0.2) is 0 Å². The lowest BCUT2D eigenvalue weighted by Crippen LogP contribution is -2.40. The van der Waals surface area contributed by atoms with Crippen LogP contribution >= 0.6 is 11.3 Å². The lowest BCUT2D eigenvalue weighted by molar-refractivity contribution is -0.125. The zero-order valence-electron chi connectivity index (χ0n) is 18.2. The van der Waals surface area contributed by atoms with Gasteiger partial charge in [-0.3, -0.25) is 9.59 Å². The number of nitrogens with one attached hydrogen (secondary N) is 1. The Balaban J connectivity index is 1.22. The van der Waals surface area contributed by atoms with Gasteiger partial charge in [-0.2, -0.15) is 0 Å². The van der Waals surface area contributed by atoms with E-state index in [1.54, 1.807) is 11.3 Å². The van der Waals surface area contributed by atoms with Gasteiger partial charge in [0, 0.05) is 30.4 Å². The summed E-state index contributed by atoms with van der Waals surface area (Å²) in [5, 5.41) is 3.16. The number of aryl methyl sites for hydroxylation is 1. The van der Waals surface area contributed by atoms with Crippen molar-refractivity contribution in [3.63, 3.8) is 0 Å². The fourth-order valence-electron chi connectivity index (χ4n) is 4.72. The molecule has 7 heteroatoms. The first-order valence-electron chi connectivity index (χ1n) is 11.6. The van der Waals surface area contributed by atoms with E-state index in [-0.39, 0.29) is 17.7 Å². The van der Waals surface area contributed by atoms with Crippen LogP contribution in [0.4, 0.5) is 0 Å². The van der Waals surface area contributed by atoms with E-state index in [0.717, 1.165) is 49.6 Å². The second kappa shape index (κ2) is 10.2. The highest BCUT2D eigenvalue weighted by molar-refractivity contribution is 7.14. The Bertz CT molecular complexity index is 736. The normalized spacial score (nSPS) is 23.2. The molecule has 2 saturated heterocycles. The fourth-order valence-corrected chi connectivity index (χ4v) is 5.90. The Morgan fingerprint density at radius 1 is 1.17 bits per heavy atom. The number of rotatable bonds is 6. The minimum Gasteiger partial charge on any atom is -0.378 e. The minimum atomic E-state index is 0.0364. The highest BCUT2D eigenvalue weighted by Crippen LogP contribution is 2.33. The third-order valence-electron chi connectivity index (χ3n) is 6.79. The van der Waals surface area contributed by atoms with Gasteiger partial charge >= 0.3 is 0 Å². The number of piperidine rings is 1. The average Bonchev–Trinajstić information content (AvgIpc) is 3.21. The van der Waals surface area contributed by atoms with E-state index in [2.05, 4.69) is 17.1 Å². The van der Waals surface area contributed by atoms with Crippen LogP contribution in [0.15, 0.2) is 6.07 Å². The van der Waals surface area contributed by atoms with Crippen molar-refractivity contribution in [2.45, 2.75) is 45.4 Å². The standard InChI is InChI=1S/C23H35N3O3S/c1-17-5-9-25(10-6-17)8-2-7-24-22(27)18-3-4-20-19(15-18)16-21(30-20)23(28)26-11-13-29-14-12-26/h16-18H,2-15H2,1H3,(H,24,27)/t18-/m1/s1. The van der Waals surface area contributed by atoms with E-state index in [9.17, 15) is 9.59 Å². The molecule has 1 aromatic heterocycles. The van der Waals surface area contributed by atoms with Crippen molar-refractivity contribution in [3.8, 4) is 0 Å². The summed E-state index contributed by atoms with van der Waals surface area (Å²) in [6.45, 7) is 9.16. The van der Waals surface area contributed by atoms with E-state index in [0.29, 0.717) is 26.3 Å². The predicted molar refractivity (Wildman–Crippen MR) is 119 cm³/mol. The van der Waals surface area contributed by atoms with Crippen molar-refractivity contribution >= 4 is 23.2 Å². The number of fused-ring (bicyclic) bond motifs is 1. The number of hydrogen-bond acceptors (Lipinski definition) is 5. The molecule has 1 aliphatic carbocycles. The van der Waals surface area contributed by atoms with Gasteiger partial charge in [-0.25, -0.2) is 0 Å². The van der Waals surface area contributed by atoms with Crippen LogP contribution in [-0.2, 0) is 22.4 Å². The van der Waals surface area contributed by atoms with E-state index >= 15 is 0 Å². The molecule has 0 saturated carbocycles. The van der Waals surface area contributed by atoms with Crippen LogP contribution < -0.4 is 5.32 Å².